The van der Waals surface area contributed by atoms with Gasteiger partial charge in [0.2, 0.25) is 0 Å². The third-order valence-electron chi connectivity index (χ3n) is 8.19. The van der Waals surface area contributed by atoms with Crippen LogP contribution in [0.1, 0.15) is 72.3 Å². The summed E-state index contributed by atoms with van der Waals surface area (Å²) in [5.41, 5.74) is 5.77. The Morgan fingerprint density at radius 2 is 1.24 bits per heavy atom. The van der Waals surface area contributed by atoms with E-state index in [0.717, 1.165) is 5.46 Å². The highest BCUT2D eigenvalue weighted by Gasteiger charge is 2.67. The molecule has 2 aromatic rings. The first kappa shape index (κ1) is 19.4. The number of benzene rings is 2. The van der Waals surface area contributed by atoms with Crippen molar-refractivity contribution in [2.75, 3.05) is 0 Å². The van der Waals surface area contributed by atoms with Gasteiger partial charge in [0.25, 0.3) is 0 Å². The molecule has 0 radical (unpaired) electrons. The van der Waals surface area contributed by atoms with E-state index in [0.29, 0.717) is 10.8 Å². The molecule has 2 nitrogen and oxygen atoms in total. The van der Waals surface area contributed by atoms with Crippen LogP contribution < -0.4 is 5.46 Å². The minimum atomic E-state index is -0.302. The molecule has 2 aromatic carbocycles. The van der Waals surface area contributed by atoms with E-state index < -0.39 is 0 Å². The molecular weight excluding hydrogens is 355 g/mol. The van der Waals surface area contributed by atoms with Crippen molar-refractivity contribution < 1.29 is 9.31 Å². The van der Waals surface area contributed by atoms with Gasteiger partial charge in [-0.25, -0.2) is 0 Å². The van der Waals surface area contributed by atoms with E-state index in [1.165, 1.54) is 43.2 Å². The van der Waals surface area contributed by atoms with Gasteiger partial charge in [0.1, 0.15) is 0 Å². The number of rotatable bonds is 5. The second-order valence-electron chi connectivity index (χ2n) is 10.8. The van der Waals surface area contributed by atoms with Crippen LogP contribution >= 0.6 is 0 Å². The smallest absolute Gasteiger partial charge is 0.399 e. The predicted octanol–water partition coefficient (Wildman–Crippen LogP) is 5.87. The molecule has 0 atom stereocenters. The van der Waals surface area contributed by atoms with Crippen LogP contribution in [-0.2, 0) is 14.7 Å². The predicted molar refractivity (Wildman–Crippen MR) is 120 cm³/mol. The molecule has 3 aliphatic carbocycles. The fourth-order valence-corrected chi connectivity index (χ4v) is 5.93. The van der Waals surface area contributed by atoms with Crippen LogP contribution in [0.25, 0.3) is 11.1 Å². The maximum absolute atomic E-state index is 6.18. The average molecular weight is 388 g/mol. The molecule has 3 saturated carbocycles. The Hall–Kier alpha value is -1.58. The van der Waals surface area contributed by atoms with Crippen LogP contribution in [0.15, 0.2) is 48.5 Å². The molecule has 0 unspecified atom stereocenters. The molecule has 1 saturated heterocycles. The molecule has 0 amide bonds. The minimum Gasteiger partial charge on any atom is -0.399 e. The summed E-state index contributed by atoms with van der Waals surface area (Å²) in [6.45, 7) is 10.7. The molecule has 6 rings (SSSR count). The third-order valence-corrected chi connectivity index (χ3v) is 8.19. The molecule has 4 fully saturated rings. The summed E-state index contributed by atoms with van der Waals surface area (Å²) < 4.78 is 12.4. The van der Waals surface area contributed by atoms with Gasteiger partial charge in [0.05, 0.1) is 11.2 Å². The molecule has 3 heteroatoms. The van der Waals surface area contributed by atoms with Gasteiger partial charge in [-0.15, -0.1) is 0 Å². The Morgan fingerprint density at radius 3 is 1.72 bits per heavy atom. The van der Waals surface area contributed by atoms with E-state index in [1.807, 2.05) is 0 Å². The van der Waals surface area contributed by atoms with Gasteiger partial charge in [-0.05, 0) is 86.4 Å². The summed E-state index contributed by atoms with van der Waals surface area (Å²) in [6, 6.07) is 18.0. The second-order valence-corrected chi connectivity index (χ2v) is 10.8. The summed E-state index contributed by atoms with van der Waals surface area (Å²) in [5, 5.41) is 0. The van der Waals surface area contributed by atoms with E-state index in [-0.39, 0.29) is 18.3 Å². The average Bonchev–Trinajstić information content (AvgIpc) is 2.85. The van der Waals surface area contributed by atoms with Crippen LogP contribution in [0.2, 0.25) is 0 Å². The Labute approximate surface area is 176 Å². The zero-order chi connectivity index (χ0) is 20.5. The Bertz CT molecular complexity index is 875. The lowest BCUT2D eigenvalue weighted by molar-refractivity contribution is -0.146. The Kier molecular flexibility index (Phi) is 4.16. The van der Waals surface area contributed by atoms with Gasteiger partial charge in [-0.3, -0.25) is 0 Å². The normalized spacial score (nSPS) is 31.3. The van der Waals surface area contributed by atoms with Crippen molar-refractivity contribution in [2.45, 2.75) is 83.3 Å². The van der Waals surface area contributed by atoms with Crippen LogP contribution in [0.4, 0.5) is 0 Å². The zero-order valence-corrected chi connectivity index (χ0v) is 18.5. The quantitative estimate of drug-likeness (QED) is 0.596. The van der Waals surface area contributed by atoms with Crippen molar-refractivity contribution in [3.63, 3.8) is 0 Å². The van der Waals surface area contributed by atoms with Crippen LogP contribution in [0.3, 0.4) is 0 Å². The summed E-state index contributed by atoms with van der Waals surface area (Å²) >= 11 is 0. The monoisotopic (exact) mass is 388 g/mol. The fourth-order valence-electron chi connectivity index (χ4n) is 5.93. The summed E-state index contributed by atoms with van der Waals surface area (Å²) in [4.78, 5) is 0. The highest BCUT2D eigenvalue weighted by Crippen LogP contribution is 2.75. The molecule has 1 aliphatic heterocycles. The lowest BCUT2D eigenvalue weighted by Gasteiger charge is -2.71. The van der Waals surface area contributed by atoms with Gasteiger partial charge >= 0.3 is 7.12 Å². The number of hydrogen-bond acceptors (Lipinski definition) is 2. The molecule has 2 bridgehead atoms. The molecule has 0 N–H and O–H groups in total. The van der Waals surface area contributed by atoms with Crippen molar-refractivity contribution >= 4 is 12.6 Å². The Morgan fingerprint density at radius 1 is 0.759 bits per heavy atom. The largest absolute Gasteiger partial charge is 0.494 e. The van der Waals surface area contributed by atoms with Crippen LogP contribution in [0.5, 0.6) is 0 Å². The molecule has 29 heavy (non-hydrogen) atoms. The first-order valence-electron chi connectivity index (χ1n) is 11.2. The van der Waals surface area contributed by atoms with Gasteiger partial charge in [0, 0.05) is 0 Å². The SMILES string of the molecule is CCCC12CC(c3ccc(-c4ccc(B5OC(C)(C)C(C)(C)O5)cc4)cc3)(C1)C2. The molecular formula is C26H33BO2. The van der Waals surface area contributed by atoms with Crippen molar-refractivity contribution in [1.29, 1.82) is 0 Å². The molecule has 1 heterocycles. The van der Waals surface area contributed by atoms with E-state index in [9.17, 15) is 0 Å². The topological polar surface area (TPSA) is 18.5 Å². The minimum absolute atomic E-state index is 0.295. The van der Waals surface area contributed by atoms with Gasteiger partial charge in [0.15, 0.2) is 0 Å². The zero-order valence-electron chi connectivity index (χ0n) is 18.5. The van der Waals surface area contributed by atoms with Gasteiger partial charge in [-0.2, -0.15) is 0 Å². The van der Waals surface area contributed by atoms with E-state index in [4.69, 9.17) is 9.31 Å². The molecule has 152 valence electrons. The maximum atomic E-state index is 6.18. The van der Waals surface area contributed by atoms with Gasteiger partial charge in [-0.1, -0.05) is 61.9 Å². The van der Waals surface area contributed by atoms with Crippen LogP contribution in [-0.4, -0.2) is 18.3 Å². The van der Waals surface area contributed by atoms with Crippen LogP contribution in [0, 0.1) is 5.41 Å². The number of hydrogen-bond donors (Lipinski definition) is 0. The van der Waals surface area contributed by atoms with Crippen molar-refractivity contribution in [3.8, 4) is 11.1 Å². The van der Waals surface area contributed by atoms with Crippen molar-refractivity contribution in [1.82, 2.24) is 0 Å². The first-order chi connectivity index (χ1) is 13.7. The fraction of sp³-hybridized carbons (Fsp3) is 0.538. The highest BCUT2D eigenvalue weighted by atomic mass is 16.7. The van der Waals surface area contributed by atoms with E-state index in [2.05, 4.69) is 83.1 Å². The third kappa shape index (κ3) is 2.92. The Balaban J connectivity index is 1.28. The summed E-state index contributed by atoms with van der Waals surface area (Å²) in [5.74, 6) is 0. The van der Waals surface area contributed by atoms with E-state index >= 15 is 0 Å². The standard InChI is InChI=1S/C26H33BO2/c1-6-15-25-16-26(17-25,18-25)21-11-7-19(8-12-21)20-9-13-22(14-10-20)27-28-23(2,3)24(4,5)29-27/h7-14H,6,15-18H2,1-5H3. The van der Waals surface area contributed by atoms with Crippen molar-refractivity contribution in [3.05, 3.63) is 54.1 Å². The molecule has 0 aromatic heterocycles. The maximum Gasteiger partial charge on any atom is 0.494 e. The highest BCUT2D eigenvalue weighted by molar-refractivity contribution is 6.62. The summed E-state index contributed by atoms with van der Waals surface area (Å²) in [6.07, 6.45) is 6.99. The lowest BCUT2D eigenvalue weighted by atomic mass is 9.32. The lowest BCUT2D eigenvalue weighted by Crippen LogP contribution is -2.64. The second kappa shape index (κ2) is 6.22. The van der Waals surface area contributed by atoms with Gasteiger partial charge < -0.3 is 9.31 Å². The summed E-state index contributed by atoms with van der Waals surface area (Å²) in [7, 11) is -0.295. The van der Waals surface area contributed by atoms with E-state index in [1.54, 1.807) is 5.56 Å². The molecule has 0 spiro atoms. The van der Waals surface area contributed by atoms with Crippen molar-refractivity contribution in [2.24, 2.45) is 5.41 Å². The molecule has 4 aliphatic rings. The first-order valence-corrected chi connectivity index (χ1v) is 11.2.